The Morgan fingerprint density at radius 3 is 2.48 bits per heavy atom. The number of anilines is 1. The van der Waals surface area contributed by atoms with Gasteiger partial charge in [-0.1, -0.05) is 25.1 Å². The van der Waals surface area contributed by atoms with E-state index in [0.717, 1.165) is 6.42 Å². The van der Waals surface area contributed by atoms with Gasteiger partial charge in [0, 0.05) is 13.2 Å². The molecule has 0 atom stereocenters. The predicted octanol–water partition coefficient (Wildman–Crippen LogP) is 2.07. The highest BCUT2D eigenvalue weighted by Gasteiger charge is 2.18. The molecule has 152 valence electrons. The van der Waals surface area contributed by atoms with Crippen LogP contribution in [0.3, 0.4) is 0 Å². The van der Waals surface area contributed by atoms with Gasteiger partial charge in [0.2, 0.25) is 5.91 Å². The van der Waals surface area contributed by atoms with E-state index in [1.54, 1.807) is 30.8 Å². The van der Waals surface area contributed by atoms with Gasteiger partial charge < -0.3 is 14.6 Å². The van der Waals surface area contributed by atoms with E-state index in [-0.39, 0.29) is 29.1 Å². The summed E-state index contributed by atoms with van der Waals surface area (Å²) in [5.41, 5.74) is 0.771. The molecule has 1 amide bonds. The Labute approximate surface area is 167 Å². The summed E-state index contributed by atoms with van der Waals surface area (Å²) in [6, 6.07) is 12.4. The summed E-state index contributed by atoms with van der Waals surface area (Å²) >= 11 is 0. The zero-order valence-corrected chi connectivity index (χ0v) is 16.7. The minimum atomic E-state index is -0.467. The summed E-state index contributed by atoms with van der Waals surface area (Å²) in [7, 11) is 1.75. The molecule has 3 rings (SSSR count). The molecular formula is C21H24N4O4. The zero-order valence-electron chi connectivity index (χ0n) is 16.7. The molecule has 2 heterocycles. The topological polar surface area (TPSA) is 87.3 Å². The Balaban J connectivity index is 1.84. The van der Waals surface area contributed by atoms with Crippen LogP contribution in [0.5, 0.6) is 5.75 Å². The van der Waals surface area contributed by atoms with Crippen molar-refractivity contribution in [3.05, 3.63) is 75.1 Å². The molecule has 0 aliphatic heterocycles. The molecule has 0 saturated heterocycles. The number of hydrogen-bond donors (Lipinski definition) is 1. The van der Waals surface area contributed by atoms with Gasteiger partial charge in [0.1, 0.15) is 12.2 Å². The Bertz CT molecular complexity index is 1130. The van der Waals surface area contributed by atoms with E-state index in [0.29, 0.717) is 18.0 Å². The molecule has 8 heteroatoms. The quantitative estimate of drug-likeness (QED) is 0.662. The molecule has 0 aliphatic carbocycles. The highest BCUT2D eigenvalue weighted by molar-refractivity contribution is 5.91. The fourth-order valence-corrected chi connectivity index (χ4v) is 3.01. The zero-order chi connectivity index (χ0) is 21.0. The summed E-state index contributed by atoms with van der Waals surface area (Å²) in [4.78, 5) is 37.9. The van der Waals surface area contributed by atoms with E-state index in [2.05, 4.69) is 5.32 Å². The number of carbonyl (C=O) groups is 1. The third-order valence-corrected chi connectivity index (χ3v) is 4.58. The summed E-state index contributed by atoms with van der Waals surface area (Å²) < 4.78 is 9.83. The molecule has 0 spiro atoms. The van der Waals surface area contributed by atoms with Crippen LogP contribution >= 0.6 is 0 Å². The maximum Gasteiger partial charge on any atom is 0.295 e. The average Bonchev–Trinajstić information content (AvgIpc) is 2.92. The fourth-order valence-electron chi connectivity index (χ4n) is 3.01. The largest absolute Gasteiger partial charge is 0.488 e. The SMILES string of the molecule is CCCOc1cccn(CC(=O)Nc2c(C)n(C)n(-c3ccccc3)c2=O)c1=O. The average molecular weight is 396 g/mol. The first-order chi connectivity index (χ1) is 13.9. The van der Waals surface area contributed by atoms with Gasteiger partial charge in [0.05, 0.1) is 18.0 Å². The van der Waals surface area contributed by atoms with Gasteiger partial charge in [-0.15, -0.1) is 0 Å². The fraction of sp³-hybridized carbons (Fsp3) is 0.286. The maximum absolute atomic E-state index is 12.9. The lowest BCUT2D eigenvalue weighted by Crippen LogP contribution is -2.29. The monoisotopic (exact) mass is 396 g/mol. The van der Waals surface area contributed by atoms with Gasteiger partial charge in [0.15, 0.2) is 5.75 Å². The molecule has 2 aromatic heterocycles. The Kier molecular flexibility index (Phi) is 6.01. The highest BCUT2D eigenvalue weighted by Crippen LogP contribution is 2.14. The summed E-state index contributed by atoms with van der Waals surface area (Å²) in [6.45, 7) is 3.90. The van der Waals surface area contributed by atoms with Gasteiger partial charge in [-0.3, -0.25) is 19.1 Å². The van der Waals surface area contributed by atoms with Gasteiger partial charge >= 0.3 is 0 Å². The highest BCUT2D eigenvalue weighted by atomic mass is 16.5. The number of hydrogen-bond acceptors (Lipinski definition) is 4. The number of nitrogens with zero attached hydrogens (tertiary/aromatic N) is 3. The van der Waals surface area contributed by atoms with Crippen molar-refractivity contribution < 1.29 is 9.53 Å². The van der Waals surface area contributed by atoms with Crippen LogP contribution in [0, 0.1) is 6.92 Å². The van der Waals surface area contributed by atoms with Gasteiger partial charge in [0.25, 0.3) is 11.1 Å². The molecule has 8 nitrogen and oxygen atoms in total. The molecule has 0 saturated carbocycles. The van der Waals surface area contributed by atoms with E-state index in [4.69, 9.17) is 4.74 Å². The van der Waals surface area contributed by atoms with Crippen LogP contribution < -0.4 is 21.2 Å². The summed E-state index contributed by atoms with van der Waals surface area (Å²) in [5.74, 6) is -0.268. The van der Waals surface area contributed by atoms with Crippen LogP contribution in [0.4, 0.5) is 5.69 Å². The standard InChI is InChI=1S/C21H24N4O4/c1-4-13-29-17-11-8-12-24(20(17)27)14-18(26)22-19-15(2)23(3)25(21(19)28)16-9-6-5-7-10-16/h5-12H,4,13-14H2,1-3H3,(H,22,26). The van der Waals surface area contributed by atoms with E-state index in [1.807, 2.05) is 37.3 Å². The first kappa shape index (κ1) is 20.2. The van der Waals surface area contributed by atoms with E-state index in [9.17, 15) is 14.4 Å². The third kappa shape index (κ3) is 4.16. The molecule has 0 radical (unpaired) electrons. The summed E-state index contributed by atoms with van der Waals surface area (Å²) in [6.07, 6.45) is 2.29. The third-order valence-electron chi connectivity index (χ3n) is 4.58. The van der Waals surface area contributed by atoms with Crippen molar-refractivity contribution in [3.8, 4) is 11.4 Å². The minimum absolute atomic E-state index is 0.188. The molecular weight excluding hydrogens is 372 g/mol. The minimum Gasteiger partial charge on any atom is -0.488 e. The molecule has 29 heavy (non-hydrogen) atoms. The second kappa shape index (κ2) is 8.64. The van der Waals surface area contributed by atoms with E-state index in [1.165, 1.54) is 15.4 Å². The number of amides is 1. The van der Waals surface area contributed by atoms with Crippen molar-refractivity contribution >= 4 is 11.6 Å². The Hall–Kier alpha value is -3.55. The lowest BCUT2D eigenvalue weighted by molar-refractivity contribution is -0.116. The van der Waals surface area contributed by atoms with Crippen LogP contribution in [0.2, 0.25) is 0 Å². The molecule has 0 fully saturated rings. The van der Waals surface area contributed by atoms with Crippen molar-refractivity contribution in [1.29, 1.82) is 0 Å². The van der Waals surface area contributed by atoms with Gasteiger partial charge in [-0.25, -0.2) is 4.68 Å². The molecule has 1 N–H and O–H groups in total. The molecule has 0 aliphatic rings. The molecule has 0 unspecified atom stereocenters. The number of ether oxygens (including phenoxy) is 1. The Morgan fingerprint density at radius 1 is 1.07 bits per heavy atom. The maximum atomic E-state index is 12.9. The van der Waals surface area contributed by atoms with Gasteiger partial charge in [-0.2, -0.15) is 0 Å². The molecule has 0 bridgehead atoms. The normalized spacial score (nSPS) is 10.7. The van der Waals surface area contributed by atoms with E-state index < -0.39 is 5.91 Å². The first-order valence-electron chi connectivity index (χ1n) is 9.40. The number of benzene rings is 1. The second-order valence-corrected chi connectivity index (χ2v) is 6.64. The predicted molar refractivity (Wildman–Crippen MR) is 111 cm³/mol. The van der Waals surface area contributed by atoms with Crippen molar-refractivity contribution in [3.63, 3.8) is 0 Å². The second-order valence-electron chi connectivity index (χ2n) is 6.64. The number of pyridine rings is 1. The van der Waals surface area contributed by atoms with Crippen LogP contribution in [0.1, 0.15) is 19.0 Å². The number of aromatic nitrogens is 3. The van der Waals surface area contributed by atoms with Crippen LogP contribution in [0.25, 0.3) is 5.69 Å². The first-order valence-corrected chi connectivity index (χ1v) is 9.40. The number of para-hydroxylation sites is 1. The lowest BCUT2D eigenvalue weighted by atomic mass is 10.3. The van der Waals surface area contributed by atoms with Crippen molar-refractivity contribution in [2.45, 2.75) is 26.8 Å². The Morgan fingerprint density at radius 2 is 1.79 bits per heavy atom. The number of nitrogens with one attached hydrogen (secondary N) is 1. The molecule has 3 aromatic rings. The van der Waals surface area contributed by atoms with Crippen molar-refractivity contribution in [2.75, 3.05) is 11.9 Å². The molecule has 1 aromatic carbocycles. The van der Waals surface area contributed by atoms with Crippen LogP contribution in [-0.2, 0) is 18.4 Å². The summed E-state index contributed by atoms with van der Waals surface area (Å²) in [5, 5.41) is 2.65. The lowest BCUT2D eigenvalue weighted by Gasteiger charge is -2.09. The number of rotatable bonds is 7. The smallest absolute Gasteiger partial charge is 0.295 e. The van der Waals surface area contributed by atoms with Crippen molar-refractivity contribution in [2.24, 2.45) is 7.05 Å². The van der Waals surface area contributed by atoms with Gasteiger partial charge in [-0.05, 0) is 37.6 Å². The number of carbonyl (C=O) groups excluding carboxylic acids is 1. The van der Waals surface area contributed by atoms with Crippen molar-refractivity contribution in [1.82, 2.24) is 13.9 Å². The van der Waals surface area contributed by atoms with E-state index >= 15 is 0 Å². The van der Waals surface area contributed by atoms with Crippen LogP contribution in [-0.4, -0.2) is 26.4 Å². The van der Waals surface area contributed by atoms with Crippen LogP contribution in [0.15, 0.2) is 58.3 Å².